The van der Waals surface area contributed by atoms with Crippen LogP contribution in [0.2, 0.25) is 0 Å². The van der Waals surface area contributed by atoms with Gasteiger partial charge in [0, 0.05) is 18.7 Å². The lowest BCUT2D eigenvalue weighted by Gasteiger charge is -2.42. The summed E-state index contributed by atoms with van der Waals surface area (Å²) < 4.78 is 5.33. The maximum absolute atomic E-state index is 5.33. The first-order valence-electron chi connectivity index (χ1n) is 6.43. The zero-order chi connectivity index (χ0) is 11.3. The van der Waals surface area contributed by atoms with Crippen LogP contribution in [0.5, 0.6) is 0 Å². The number of methoxy groups -OCH3 is 1. The quantitative estimate of drug-likeness (QED) is 0.672. The highest BCUT2D eigenvalue weighted by Gasteiger charge is 2.37. The topological polar surface area (TPSA) is 12.5 Å². The van der Waals surface area contributed by atoms with Crippen molar-refractivity contribution in [1.29, 1.82) is 0 Å². The van der Waals surface area contributed by atoms with Gasteiger partial charge in [-0.3, -0.25) is 4.90 Å². The van der Waals surface area contributed by atoms with Gasteiger partial charge < -0.3 is 4.74 Å². The molecule has 15 heavy (non-hydrogen) atoms. The van der Waals surface area contributed by atoms with Gasteiger partial charge in [-0.2, -0.15) is 0 Å². The predicted molar refractivity (Wildman–Crippen MR) is 65.2 cm³/mol. The van der Waals surface area contributed by atoms with Gasteiger partial charge in [0.2, 0.25) is 0 Å². The van der Waals surface area contributed by atoms with E-state index in [-0.39, 0.29) is 0 Å². The molecular formula is C13H27NO. The fraction of sp³-hybridized carbons (Fsp3) is 1.00. The molecule has 1 aliphatic rings. The van der Waals surface area contributed by atoms with Crippen LogP contribution in [0.3, 0.4) is 0 Å². The van der Waals surface area contributed by atoms with Crippen LogP contribution < -0.4 is 0 Å². The van der Waals surface area contributed by atoms with Crippen molar-refractivity contribution in [3.05, 3.63) is 0 Å². The monoisotopic (exact) mass is 213 g/mol. The molecule has 90 valence electrons. The molecule has 2 atom stereocenters. The van der Waals surface area contributed by atoms with Crippen LogP contribution in [0.4, 0.5) is 0 Å². The van der Waals surface area contributed by atoms with E-state index in [1.165, 1.54) is 38.6 Å². The summed E-state index contributed by atoms with van der Waals surface area (Å²) in [6.07, 6.45) is 6.49. The number of hydrogen-bond acceptors (Lipinski definition) is 2. The van der Waals surface area contributed by atoms with Gasteiger partial charge in [0.1, 0.15) is 0 Å². The van der Waals surface area contributed by atoms with Crippen molar-refractivity contribution in [2.24, 2.45) is 0 Å². The molecular weight excluding hydrogens is 186 g/mol. The third kappa shape index (κ3) is 2.94. The highest BCUT2D eigenvalue weighted by molar-refractivity contribution is 4.92. The van der Waals surface area contributed by atoms with Crippen molar-refractivity contribution in [1.82, 2.24) is 4.90 Å². The van der Waals surface area contributed by atoms with Gasteiger partial charge in [-0.1, -0.05) is 20.3 Å². The first-order chi connectivity index (χ1) is 7.18. The fourth-order valence-corrected chi connectivity index (χ4v) is 2.97. The van der Waals surface area contributed by atoms with Crippen molar-refractivity contribution in [2.45, 2.75) is 64.5 Å². The van der Waals surface area contributed by atoms with Crippen LogP contribution in [-0.4, -0.2) is 36.7 Å². The Morgan fingerprint density at radius 1 is 1.40 bits per heavy atom. The zero-order valence-electron chi connectivity index (χ0n) is 10.9. The zero-order valence-corrected chi connectivity index (χ0v) is 10.9. The van der Waals surface area contributed by atoms with Crippen molar-refractivity contribution in [3.63, 3.8) is 0 Å². The maximum Gasteiger partial charge on any atom is 0.0618 e. The Kier molecular flexibility index (Phi) is 5.07. The summed E-state index contributed by atoms with van der Waals surface area (Å²) in [5.41, 5.74) is 0.397. The van der Waals surface area contributed by atoms with Crippen LogP contribution in [0.25, 0.3) is 0 Å². The standard InChI is InChI=1S/C13H27NO/c1-5-9-13(3,6-2)14-10-7-8-12(14)11-15-4/h12H,5-11H2,1-4H3/t12-,13?/m1/s1. The van der Waals surface area contributed by atoms with Crippen molar-refractivity contribution in [3.8, 4) is 0 Å². The molecule has 1 heterocycles. The molecule has 1 unspecified atom stereocenters. The van der Waals surface area contributed by atoms with Gasteiger partial charge in [0.15, 0.2) is 0 Å². The second-order valence-corrected chi connectivity index (χ2v) is 5.05. The fourth-order valence-electron chi connectivity index (χ4n) is 2.97. The largest absolute Gasteiger partial charge is 0.383 e. The molecule has 0 aromatic carbocycles. The lowest BCUT2D eigenvalue weighted by atomic mass is 9.90. The van der Waals surface area contributed by atoms with Gasteiger partial charge in [0.05, 0.1) is 6.61 Å². The van der Waals surface area contributed by atoms with Crippen molar-refractivity contribution < 1.29 is 4.74 Å². The Hall–Kier alpha value is -0.0800. The Bertz CT molecular complexity index is 183. The molecule has 2 nitrogen and oxygen atoms in total. The molecule has 0 bridgehead atoms. The summed E-state index contributed by atoms with van der Waals surface area (Å²) in [6, 6.07) is 0.659. The van der Waals surface area contributed by atoms with E-state index in [1.54, 1.807) is 0 Å². The Labute approximate surface area is 95.0 Å². The van der Waals surface area contributed by atoms with E-state index in [2.05, 4.69) is 25.7 Å². The predicted octanol–water partition coefficient (Wildman–Crippen LogP) is 3.07. The summed E-state index contributed by atoms with van der Waals surface area (Å²) in [5, 5.41) is 0. The summed E-state index contributed by atoms with van der Waals surface area (Å²) in [5.74, 6) is 0. The molecule has 2 heteroatoms. The molecule has 1 rings (SSSR count). The minimum Gasteiger partial charge on any atom is -0.383 e. The van der Waals surface area contributed by atoms with E-state index in [1.807, 2.05) is 7.11 Å². The molecule has 0 amide bonds. The summed E-state index contributed by atoms with van der Waals surface area (Å²) in [6.45, 7) is 9.19. The molecule has 0 saturated carbocycles. The Morgan fingerprint density at radius 3 is 2.67 bits per heavy atom. The molecule has 0 radical (unpaired) electrons. The van der Waals surface area contributed by atoms with E-state index in [0.717, 1.165) is 6.61 Å². The molecule has 1 saturated heterocycles. The third-order valence-electron chi connectivity index (χ3n) is 3.98. The van der Waals surface area contributed by atoms with Crippen molar-refractivity contribution >= 4 is 0 Å². The summed E-state index contributed by atoms with van der Waals surface area (Å²) in [4.78, 5) is 2.69. The van der Waals surface area contributed by atoms with Crippen LogP contribution >= 0.6 is 0 Å². The third-order valence-corrected chi connectivity index (χ3v) is 3.98. The number of hydrogen-bond donors (Lipinski definition) is 0. The second kappa shape index (κ2) is 5.86. The minimum absolute atomic E-state index is 0.397. The summed E-state index contributed by atoms with van der Waals surface area (Å²) >= 11 is 0. The number of likely N-dealkylation sites (tertiary alicyclic amines) is 1. The van der Waals surface area contributed by atoms with Gasteiger partial charge in [-0.25, -0.2) is 0 Å². The SMILES string of the molecule is CCCC(C)(CC)N1CCC[C@@H]1COC. The lowest BCUT2D eigenvalue weighted by molar-refractivity contribution is 0.0339. The van der Waals surface area contributed by atoms with Crippen LogP contribution in [0.15, 0.2) is 0 Å². The van der Waals surface area contributed by atoms with Gasteiger partial charge in [-0.05, 0) is 39.2 Å². The number of ether oxygens (including phenoxy) is 1. The van der Waals surface area contributed by atoms with Gasteiger partial charge in [0.25, 0.3) is 0 Å². The highest BCUT2D eigenvalue weighted by atomic mass is 16.5. The average Bonchev–Trinajstić information content (AvgIpc) is 2.67. The Morgan fingerprint density at radius 2 is 2.13 bits per heavy atom. The van der Waals surface area contributed by atoms with E-state index >= 15 is 0 Å². The van der Waals surface area contributed by atoms with E-state index in [9.17, 15) is 0 Å². The smallest absolute Gasteiger partial charge is 0.0618 e. The Balaban J connectivity index is 2.65. The molecule has 1 fully saturated rings. The van der Waals surface area contributed by atoms with Crippen LogP contribution in [0, 0.1) is 0 Å². The van der Waals surface area contributed by atoms with E-state index < -0.39 is 0 Å². The van der Waals surface area contributed by atoms with E-state index in [4.69, 9.17) is 4.74 Å². The van der Waals surface area contributed by atoms with Crippen LogP contribution in [-0.2, 0) is 4.74 Å². The van der Waals surface area contributed by atoms with Gasteiger partial charge in [-0.15, -0.1) is 0 Å². The molecule has 0 aromatic rings. The lowest BCUT2D eigenvalue weighted by Crippen LogP contribution is -2.49. The minimum atomic E-state index is 0.397. The molecule has 0 N–H and O–H groups in total. The molecule has 1 aliphatic heterocycles. The number of rotatable bonds is 6. The average molecular weight is 213 g/mol. The molecule has 0 aliphatic carbocycles. The summed E-state index contributed by atoms with van der Waals surface area (Å²) in [7, 11) is 1.82. The maximum atomic E-state index is 5.33. The molecule has 0 spiro atoms. The highest BCUT2D eigenvalue weighted by Crippen LogP contribution is 2.32. The first kappa shape index (κ1) is 13.0. The van der Waals surface area contributed by atoms with Crippen molar-refractivity contribution in [2.75, 3.05) is 20.3 Å². The normalized spacial score (nSPS) is 26.8. The molecule has 0 aromatic heterocycles. The van der Waals surface area contributed by atoms with E-state index in [0.29, 0.717) is 11.6 Å². The van der Waals surface area contributed by atoms with Crippen LogP contribution in [0.1, 0.15) is 52.9 Å². The number of nitrogens with zero attached hydrogens (tertiary/aromatic N) is 1. The first-order valence-corrected chi connectivity index (χ1v) is 6.43. The van der Waals surface area contributed by atoms with Gasteiger partial charge >= 0.3 is 0 Å². The second-order valence-electron chi connectivity index (χ2n) is 5.05.